The minimum Gasteiger partial charge on any atom is -0.332 e. The van der Waals surface area contributed by atoms with Crippen LogP contribution in [0.1, 0.15) is 28.8 Å². The normalized spacial score (nSPS) is 14.2. The van der Waals surface area contributed by atoms with Crippen molar-refractivity contribution in [3.8, 4) is 12.0 Å². The molecule has 2 aromatic carbocycles. The van der Waals surface area contributed by atoms with Crippen LogP contribution in [0.4, 0.5) is 0 Å². The lowest BCUT2D eigenvalue weighted by Crippen LogP contribution is -2.12. The molecule has 0 saturated carbocycles. The van der Waals surface area contributed by atoms with Gasteiger partial charge in [-0.15, -0.1) is 0 Å². The van der Waals surface area contributed by atoms with Crippen molar-refractivity contribution in [3.05, 3.63) is 47.5 Å². The van der Waals surface area contributed by atoms with Gasteiger partial charge in [0.25, 0.3) is 0 Å². The SMILES string of the molecule is Cc1ccc2cc(C(=O)C#CN3CCCC3)ccc2c1. The van der Waals surface area contributed by atoms with Gasteiger partial charge in [-0.3, -0.25) is 4.79 Å². The van der Waals surface area contributed by atoms with Crippen LogP contribution in [0.3, 0.4) is 0 Å². The Morgan fingerprint density at radius 3 is 2.55 bits per heavy atom. The molecular formula is C18H17NO. The van der Waals surface area contributed by atoms with Gasteiger partial charge in [0.2, 0.25) is 5.78 Å². The van der Waals surface area contributed by atoms with Gasteiger partial charge in [0.15, 0.2) is 0 Å². The predicted octanol–water partition coefficient (Wildman–Crippen LogP) is 3.39. The van der Waals surface area contributed by atoms with E-state index in [1.165, 1.54) is 18.4 Å². The lowest BCUT2D eigenvalue weighted by molar-refractivity contribution is 0.105. The second-order valence-corrected chi connectivity index (χ2v) is 5.33. The molecule has 0 spiro atoms. The molecule has 2 heteroatoms. The Bertz CT molecular complexity index is 715. The summed E-state index contributed by atoms with van der Waals surface area (Å²) >= 11 is 0. The molecule has 3 rings (SSSR count). The highest BCUT2D eigenvalue weighted by Crippen LogP contribution is 2.18. The number of benzene rings is 2. The van der Waals surface area contributed by atoms with Crippen molar-refractivity contribution >= 4 is 16.6 Å². The third-order valence-corrected chi connectivity index (χ3v) is 3.69. The molecule has 2 nitrogen and oxygen atoms in total. The van der Waals surface area contributed by atoms with E-state index in [2.05, 4.69) is 37.1 Å². The highest BCUT2D eigenvalue weighted by molar-refractivity contribution is 6.10. The summed E-state index contributed by atoms with van der Waals surface area (Å²) in [5.41, 5.74) is 1.90. The van der Waals surface area contributed by atoms with Crippen LogP contribution >= 0.6 is 0 Å². The van der Waals surface area contributed by atoms with Gasteiger partial charge in [-0.05, 0) is 48.6 Å². The molecule has 1 saturated heterocycles. The molecule has 0 atom stereocenters. The number of Topliss-reactive ketones (excluding diaryl/α,β-unsaturated/α-hetero) is 1. The van der Waals surface area contributed by atoms with E-state index in [4.69, 9.17) is 0 Å². The molecule has 100 valence electrons. The maximum atomic E-state index is 12.1. The van der Waals surface area contributed by atoms with Crippen LogP contribution in [0.25, 0.3) is 10.8 Å². The molecule has 1 fully saturated rings. The standard InChI is InChI=1S/C18H17NO/c1-14-4-5-16-13-17(7-6-15(16)12-14)18(20)8-11-19-9-2-3-10-19/h4-7,12-13H,2-3,9-10H2,1H3. The summed E-state index contributed by atoms with van der Waals surface area (Å²) < 4.78 is 0. The fourth-order valence-electron chi connectivity index (χ4n) is 2.54. The van der Waals surface area contributed by atoms with E-state index in [9.17, 15) is 4.79 Å². The molecule has 1 aliphatic heterocycles. The smallest absolute Gasteiger partial charge is 0.237 e. The summed E-state index contributed by atoms with van der Waals surface area (Å²) in [6, 6.07) is 15.0. The van der Waals surface area contributed by atoms with Crippen LogP contribution in [-0.4, -0.2) is 23.8 Å². The second kappa shape index (κ2) is 5.38. The maximum absolute atomic E-state index is 12.1. The van der Waals surface area contributed by atoms with E-state index >= 15 is 0 Å². The Balaban J connectivity index is 1.86. The van der Waals surface area contributed by atoms with Gasteiger partial charge in [-0.25, -0.2) is 0 Å². The number of carbonyl (C=O) groups excluding carboxylic acids is 1. The number of likely N-dealkylation sites (tertiary alicyclic amines) is 1. The average Bonchev–Trinajstić information content (AvgIpc) is 2.97. The minimum absolute atomic E-state index is 0.0978. The largest absolute Gasteiger partial charge is 0.332 e. The van der Waals surface area contributed by atoms with E-state index in [-0.39, 0.29) is 5.78 Å². The topological polar surface area (TPSA) is 20.3 Å². The Morgan fingerprint density at radius 2 is 1.75 bits per heavy atom. The highest BCUT2D eigenvalue weighted by Gasteiger charge is 2.08. The van der Waals surface area contributed by atoms with Gasteiger partial charge < -0.3 is 4.90 Å². The van der Waals surface area contributed by atoms with E-state index in [1.54, 1.807) is 0 Å². The molecule has 0 aliphatic carbocycles. The summed E-state index contributed by atoms with van der Waals surface area (Å²) in [6.07, 6.45) is 2.36. The fourth-order valence-corrected chi connectivity index (χ4v) is 2.54. The third-order valence-electron chi connectivity index (χ3n) is 3.69. The van der Waals surface area contributed by atoms with Gasteiger partial charge >= 0.3 is 0 Å². The number of ketones is 1. The van der Waals surface area contributed by atoms with Crippen molar-refractivity contribution in [3.63, 3.8) is 0 Å². The number of hydrogen-bond acceptors (Lipinski definition) is 2. The van der Waals surface area contributed by atoms with Gasteiger partial charge in [0, 0.05) is 24.7 Å². The number of hydrogen-bond donors (Lipinski definition) is 0. The molecule has 1 heterocycles. The molecule has 0 amide bonds. The first-order chi connectivity index (χ1) is 9.72. The number of rotatable bonds is 1. The summed E-state index contributed by atoms with van der Waals surface area (Å²) in [4.78, 5) is 14.1. The molecule has 0 radical (unpaired) electrons. The van der Waals surface area contributed by atoms with Crippen LogP contribution in [-0.2, 0) is 0 Å². The van der Waals surface area contributed by atoms with E-state index in [1.807, 2.05) is 23.1 Å². The molecule has 20 heavy (non-hydrogen) atoms. The molecule has 2 aromatic rings. The fraction of sp³-hybridized carbons (Fsp3) is 0.278. The van der Waals surface area contributed by atoms with Crippen molar-refractivity contribution in [2.75, 3.05) is 13.1 Å². The van der Waals surface area contributed by atoms with E-state index in [0.717, 1.165) is 23.9 Å². The predicted molar refractivity (Wildman–Crippen MR) is 81.6 cm³/mol. The van der Waals surface area contributed by atoms with Gasteiger partial charge in [-0.1, -0.05) is 29.8 Å². The first-order valence-electron chi connectivity index (χ1n) is 7.04. The lowest BCUT2D eigenvalue weighted by atomic mass is 10.0. The summed E-state index contributed by atoms with van der Waals surface area (Å²) in [7, 11) is 0. The Kier molecular flexibility index (Phi) is 3.43. The van der Waals surface area contributed by atoms with Crippen LogP contribution in [0.2, 0.25) is 0 Å². The summed E-state index contributed by atoms with van der Waals surface area (Å²) in [5, 5.41) is 2.25. The van der Waals surface area contributed by atoms with Gasteiger partial charge in [0.05, 0.1) is 0 Å². The molecule has 0 unspecified atom stereocenters. The van der Waals surface area contributed by atoms with Crippen molar-refractivity contribution in [1.82, 2.24) is 4.90 Å². The van der Waals surface area contributed by atoms with Crippen LogP contribution in [0.5, 0.6) is 0 Å². The highest BCUT2D eigenvalue weighted by atomic mass is 16.1. The van der Waals surface area contributed by atoms with Crippen LogP contribution < -0.4 is 0 Å². The minimum atomic E-state index is -0.0978. The first kappa shape index (κ1) is 12.7. The molecular weight excluding hydrogens is 246 g/mol. The number of aryl methyl sites for hydroxylation is 1. The summed E-state index contributed by atoms with van der Waals surface area (Å²) in [6.45, 7) is 4.04. The van der Waals surface area contributed by atoms with Crippen molar-refractivity contribution in [1.29, 1.82) is 0 Å². The number of carbonyl (C=O) groups is 1. The molecule has 0 aromatic heterocycles. The Labute approximate surface area is 119 Å². The van der Waals surface area contributed by atoms with Crippen molar-refractivity contribution in [2.45, 2.75) is 19.8 Å². The zero-order valence-corrected chi connectivity index (χ0v) is 11.6. The quantitative estimate of drug-likeness (QED) is 0.580. The Morgan fingerprint density at radius 1 is 1.05 bits per heavy atom. The van der Waals surface area contributed by atoms with Crippen LogP contribution in [0, 0.1) is 18.9 Å². The molecule has 0 bridgehead atoms. The molecule has 1 aliphatic rings. The first-order valence-corrected chi connectivity index (χ1v) is 7.04. The second-order valence-electron chi connectivity index (χ2n) is 5.33. The number of fused-ring (bicyclic) bond motifs is 1. The lowest BCUT2D eigenvalue weighted by Gasteiger charge is -2.05. The van der Waals surface area contributed by atoms with Crippen LogP contribution in [0.15, 0.2) is 36.4 Å². The van der Waals surface area contributed by atoms with Gasteiger partial charge in [0.1, 0.15) is 0 Å². The number of nitrogens with zero attached hydrogens (tertiary/aromatic N) is 1. The zero-order chi connectivity index (χ0) is 13.9. The van der Waals surface area contributed by atoms with Gasteiger partial charge in [-0.2, -0.15) is 0 Å². The third kappa shape index (κ3) is 2.67. The summed E-state index contributed by atoms with van der Waals surface area (Å²) in [5.74, 6) is 2.66. The van der Waals surface area contributed by atoms with E-state index < -0.39 is 0 Å². The zero-order valence-electron chi connectivity index (χ0n) is 11.6. The van der Waals surface area contributed by atoms with Crippen molar-refractivity contribution in [2.24, 2.45) is 0 Å². The van der Waals surface area contributed by atoms with E-state index in [0.29, 0.717) is 5.56 Å². The Hall–Kier alpha value is -2.27. The average molecular weight is 263 g/mol. The van der Waals surface area contributed by atoms with Crippen molar-refractivity contribution < 1.29 is 4.79 Å². The molecule has 0 N–H and O–H groups in total. The monoisotopic (exact) mass is 263 g/mol. The maximum Gasteiger partial charge on any atom is 0.237 e.